The molecule has 1 fully saturated rings. The number of amides is 2. The maximum Gasteiger partial charge on any atom is 0.323 e. The molecule has 3 aromatic rings. The van der Waals surface area contributed by atoms with E-state index in [1.165, 1.54) is 11.3 Å². The number of nitrogens with one attached hydrogen (secondary N) is 1. The number of benzene rings is 2. The fraction of sp³-hybridized carbons (Fsp3) is 0.300. The first-order chi connectivity index (χ1) is 12.7. The Morgan fingerprint density at radius 1 is 1.12 bits per heavy atom. The summed E-state index contributed by atoms with van der Waals surface area (Å²) in [5.41, 5.74) is 1.85. The molecule has 0 spiro atoms. The van der Waals surface area contributed by atoms with Crippen LogP contribution in [0.15, 0.2) is 54.6 Å². The SMILES string of the molecule is O=C(Nc1nc2ccccc2s1)N1CCC(C(O)c2ccccc2)CC1. The van der Waals surface area contributed by atoms with E-state index in [0.717, 1.165) is 28.6 Å². The summed E-state index contributed by atoms with van der Waals surface area (Å²) in [7, 11) is 0. The Hall–Kier alpha value is -2.44. The second-order valence-electron chi connectivity index (χ2n) is 6.60. The molecule has 1 saturated heterocycles. The van der Waals surface area contributed by atoms with Gasteiger partial charge >= 0.3 is 6.03 Å². The predicted molar refractivity (Wildman–Crippen MR) is 104 cm³/mol. The molecule has 1 unspecified atom stereocenters. The van der Waals surface area contributed by atoms with E-state index in [4.69, 9.17) is 0 Å². The van der Waals surface area contributed by atoms with Gasteiger partial charge in [0.25, 0.3) is 0 Å². The molecule has 0 radical (unpaired) electrons. The molecule has 1 aromatic heterocycles. The fourth-order valence-electron chi connectivity index (χ4n) is 3.44. The molecule has 26 heavy (non-hydrogen) atoms. The summed E-state index contributed by atoms with van der Waals surface area (Å²) < 4.78 is 1.06. The van der Waals surface area contributed by atoms with Crippen molar-refractivity contribution in [3.8, 4) is 0 Å². The highest BCUT2D eigenvalue weighted by molar-refractivity contribution is 7.22. The van der Waals surface area contributed by atoms with Crippen molar-refractivity contribution in [2.75, 3.05) is 18.4 Å². The minimum absolute atomic E-state index is 0.114. The predicted octanol–water partition coefficient (Wildman–Crippen LogP) is 4.27. The molecule has 1 atom stereocenters. The van der Waals surface area contributed by atoms with Crippen LogP contribution in [0, 0.1) is 5.92 Å². The van der Waals surface area contributed by atoms with Gasteiger partial charge < -0.3 is 10.0 Å². The number of carbonyl (C=O) groups excluding carboxylic acids is 1. The molecule has 2 heterocycles. The van der Waals surface area contributed by atoms with Crippen LogP contribution in [0.25, 0.3) is 10.2 Å². The number of nitrogens with zero attached hydrogens (tertiary/aromatic N) is 2. The van der Waals surface area contributed by atoms with Crippen molar-refractivity contribution in [3.05, 3.63) is 60.2 Å². The van der Waals surface area contributed by atoms with Gasteiger partial charge in [0.2, 0.25) is 0 Å². The van der Waals surface area contributed by atoms with Gasteiger partial charge in [0.05, 0.1) is 16.3 Å². The van der Waals surface area contributed by atoms with Crippen molar-refractivity contribution < 1.29 is 9.90 Å². The molecule has 6 heteroatoms. The van der Waals surface area contributed by atoms with Crippen LogP contribution in [0.5, 0.6) is 0 Å². The van der Waals surface area contributed by atoms with Crippen LogP contribution < -0.4 is 5.32 Å². The van der Waals surface area contributed by atoms with Gasteiger partial charge in [-0.15, -0.1) is 0 Å². The number of fused-ring (bicyclic) bond motifs is 1. The third kappa shape index (κ3) is 3.57. The number of aromatic nitrogens is 1. The Labute approximate surface area is 156 Å². The van der Waals surface area contributed by atoms with Crippen LogP contribution in [0.3, 0.4) is 0 Å². The highest BCUT2D eigenvalue weighted by Gasteiger charge is 2.28. The van der Waals surface area contributed by atoms with Crippen LogP contribution in [0.2, 0.25) is 0 Å². The van der Waals surface area contributed by atoms with Gasteiger partial charge in [0.15, 0.2) is 5.13 Å². The molecule has 0 aliphatic carbocycles. The largest absolute Gasteiger partial charge is 0.388 e. The molecule has 2 aromatic carbocycles. The first kappa shape index (κ1) is 17.0. The molecule has 0 saturated carbocycles. The van der Waals surface area contributed by atoms with Gasteiger partial charge in [-0.25, -0.2) is 9.78 Å². The van der Waals surface area contributed by atoms with Crippen molar-refractivity contribution in [3.63, 3.8) is 0 Å². The zero-order valence-electron chi connectivity index (χ0n) is 14.3. The number of urea groups is 1. The summed E-state index contributed by atoms with van der Waals surface area (Å²) in [5, 5.41) is 14.1. The maximum absolute atomic E-state index is 12.5. The first-order valence-electron chi connectivity index (χ1n) is 8.85. The zero-order valence-corrected chi connectivity index (χ0v) is 15.2. The number of thiazole rings is 1. The number of hydrogen-bond acceptors (Lipinski definition) is 4. The Bertz CT molecular complexity index is 855. The van der Waals surface area contributed by atoms with E-state index >= 15 is 0 Å². The molecule has 2 amide bonds. The molecule has 2 N–H and O–H groups in total. The number of likely N-dealkylation sites (tertiary alicyclic amines) is 1. The number of para-hydroxylation sites is 1. The lowest BCUT2D eigenvalue weighted by Crippen LogP contribution is -2.42. The lowest BCUT2D eigenvalue weighted by molar-refractivity contribution is 0.0683. The molecular weight excluding hydrogens is 346 g/mol. The van der Waals surface area contributed by atoms with Crippen LogP contribution in [0.4, 0.5) is 9.93 Å². The molecule has 1 aliphatic rings. The zero-order chi connectivity index (χ0) is 17.9. The Morgan fingerprint density at radius 3 is 2.54 bits per heavy atom. The number of piperidine rings is 1. The number of aliphatic hydroxyl groups is 1. The van der Waals surface area contributed by atoms with Gasteiger partial charge in [-0.3, -0.25) is 5.32 Å². The molecule has 134 valence electrons. The van der Waals surface area contributed by atoms with E-state index < -0.39 is 6.10 Å². The smallest absolute Gasteiger partial charge is 0.323 e. The van der Waals surface area contributed by atoms with Crippen molar-refractivity contribution in [1.29, 1.82) is 0 Å². The van der Waals surface area contributed by atoms with Crippen LogP contribution in [-0.4, -0.2) is 34.1 Å². The fourth-order valence-corrected chi connectivity index (χ4v) is 4.29. The lowest BCUT2D eigenvalue weighted by atomic mass is 9.87. The minimum Gasteiger partial charge on any atom is -0.388 e. The molecule has 4 rings (SSSR count). The summed E-state index contributed by atoms with van der Waals surface area (Å²) >= 11 is 1.48. The normalized spacial score (nSPS) is 16.6. The van der Waals surface area contributed by atoms with Gasteiger partial charge in [-0.1, -0.05) is 53.8 Å². The minimum atomic E-state index is -0.467. The Kier molecular flexibility index (Phi) is 4.86. The third-order valence-electron chi connectivity index (χ3n) is 4.92. The highest BCUT2D eigenvalue weighted by Crippen LogP contribution is 2.31. The molecule has 0 bridgehead atoms. The number of hydrogen-bond donors (Lipinski definition) is 2. The average Bonchev–Trinajstić information content (AvgIpc) is 3.10. The average molecular weight is 367 g/mol. The van der Waals surface area contributed by atoms with Gasteiger partial charge in [-0.2, -0.15) is 0 Å². The number of aliphatic hydroxyl groups excluding tert-OH is 1. The van der Waals surface area contributed by atoms with E-state index in [1.807, 2.05) is 54.6 Å². The topological polar surface area (TPSA) is 65.5 Å². The Morgan fingerprint density at radius 2 is 1.81 bits per heavy atom. The van der Waals surface area contributed by atoms with E-state index in [0.29, 0.717) is 18.2 Å². The van der Waals surface area contributed by atoms with Gasteiger partial charge in [0, 0.05) is 13.1 Å². The molecule has 5 nitrogen and oxygen atoms in total. The monoisotopic (exact) mass is 367 g/mol. The second kappa shape index (κ2) is 7.43. The van der Waals surface area contributed by atoms with Crippen LogP contribution in [-0.2, 0) is 0 Å². The number of carbonyl (C=O) groups is 1. The Balaban J connectivity index is 1.34. The van der Waals surface area contributed by atoms with E-state index in [9.17, 15) is 9.90 Å². The van der Waals surface area contributed by atoms with Crippen molar-refractivity contribution >= 4 is 32.7 Å². The standard InChI is InChI=1S/C20H21N3O2S/c24-18(14-6-2-1-3-7-14)15-10-12-23(13-11-15)20(25)22-19-21-16-8-4-5-9-17(16)26-19/h1-9,15,18,24H,10-13H2,(H,21,22,25). The van der Waals surface area contributed by atoms with Crippen LogP contribution >= 0.6 is 11.3 Å². The third-order valence-corrected chi connectivity index (χ3v) is 5.87. The van der Waals surface area contributed by atoms with Gasteiger partial charge in [-0.05, 0) is 36.5 Å². The quantitative estimate of drug-likeness (QED) is 0.726. The summed E-state index contributed by atoms with van der Waals surface area (Å²) in [4.78, 5) is 18.8. The summed E-state index contributed by atoms with van der Waals surface area (Å²) in [5.74, 6) is 0.184. The molecule has 1 aliphatic heterocycles. The van der Waals surface area contributed by atoms with Gasteiger partial charge in [0.1, 0.15) is 0 Å². The van der Waals surface area contributed by atoms with Crippen molar-refractivity contribution in [1.82, 2.24) is 9.88 Å². The number of anilines is 1. The number of rotatable bonds is 3. The van der Waals surface area contributed by atoms with E-state index in [1.54, 1.807) is 4.90 Å². The summed E-state index contributed by atoms with van der Waals surface area (Å²) in [6, 6.07) is 17.5. The molecular formula is C20H21N3O2S. The van der Waals surface area contributed by atoms with Crippen LogP contribution in [0.1, 0.15) is 24.5 Å². The summed E-state index contributed by atoms with van der Waals surface area (Å²) in [6.45, 7) is 1.29. The highest BCUT2D eigenvalue weighted by atomic mass is 32.1. The van der Waals surface area contributed by atoms with E-state index in [-0.39, 0.29) is 11.9 Å². The lowest BCUT2D eigenvalue weighted by Gasteiger charge is -2.34. The maximum atomic E-state index is 12.5. The second-order valence-corrected chi connectivity index (χ2v) is 7.63. The summed E-state index contributed by atoms with van der Waals surface area (Å²) in [6.07, 6.45) is 1.12. The first-order valence-corrected chi connectivity index (χ1v) is 9.67. The van der Waals surface area contributed by atoms with Crippen molar-refractivity contribution in [2.24, 2.45) is 5.92 Å². The van der Waals surface area contributed by atoms with E-state index in [2.05, 4.69) is 10.3 Å². The van der Waals surface area contributed by atoms with Crippen molar-refractivity contribution in [2.45, 2.75) is 18.9 Å².